The fourth-order valence-corrected chi connectivity index (χ4v) is 5.93. The highest BCUT2D eigenvalue weighted by atomic mass is 35.5. The summed E-state index contributed by atoms with van der Waals surface area (Å²) in [4.78, 5) is 16.6. The number of carbonyl (C=O) groups is 1. The summed E-state index contributed by atoms with van der Waals surface area (Å²) in [6, 6.07) is -0.117. The molecule has 0 spiro atoms. The summed E-state index contributed by atoms with van der Waals surface area (Å²) in [5, 5.41) is 3.44. The van der Waals surface area contributed by atoms with Crippen molar-refractivity contribution in [2.45, 2.75) is 25.8 Å². The summed E-state index contributed by atoms with van der Waals surface area (Å²) in [7, 11) is -2.94. The third kappa shape index (κ3) is 4.38. The highest BCUT2D eigenvalue weighted by Gasteiger charge is 2.36. The number of fused-ring (bicyclic) bond motifs is 1. The zero-order chi connectivity index (χ0) is 15.7. The van der Waals surface area contributed by atoms with E-state index in [1.165, 1.54) is 0 Å². The number of nitrogens with zero attached hydrogens (tertiary/aromatic N) is 2. The summed E-state index contributed by atoms with van der Waals surface area (Å²) in [6.07, 6.45) is 1.76. The van der Waals surface area contributed by atoms with Crippen LogP contribution in [0.4, 0.5) is 0 Å². The van der Waals surface area contributed by atoms with E-state index in [-0.39, 0.29) is 35.9 Å². The van der Waals surface area contributed by atoms with Crippen molar-refractivity contribution in [2.24, 2.45) is 11.8 Å². The van der Waals surface area contributed by atoms with Crippen molar-refractivity contribution in [1.29, 1.82) is 0 Å². The number of likely N-dealkylation sites (N-methyl/N-ethyl adjacent to an activating group) is 1. The molecule has 3 fully saturated rings. The quantitative estimate of drug-likeness (QED) is 0.758. The first kappa shape index (κ1) is 19.0. The predicted octanol–water partition coefficient (Wildman–Crippen LogP) is -0.0149. The van der Waals surface area contributed by atoms with Crippen LogP contribution >= 0.6 is 12.4 Å². The van der Waals surface area contributed by atoms with Gasteiger partial charge in [-0.3, -0.25) is 9.69 Å². The van der Waals surface area contributed by atoms with Crippen LogP contribution in [0.2, 0.25) is 0 Å². The van der Waals surface area contributed by atoms with Crippen molar-refractivity contribution in [2.75, 3.05) is 50.8 Å². The predicted molar refractivity (Wildman–Crippen MR) is 92.6 cm³/mol. The molecule has 3 saturated heterocycles. The molecule has 0 radical (unpaired) electrons. The molecule has 3 heterocycles. The van der Waals surface area contributed by atoms with Gasteiger partial charge in [0.25, 0.3) is 0 Å². The number of rotatable bonds is 4. The first-order valence-corrected chi connectivity index (χ1v) is 10.2. The highest BCUT2D eigenvalue weighted by Crippen LogP contribution is 2.26. The monoisotopic (exact) mass is 365 g/mol. The minimum absolute atomic E-state index is 0. The van der Waals surface area contributed by atoms with Crippen LogP contribution in [-0.4, -0.2) is 80.9 Å². The Labute approximate surface area is 145 Å². The highest BCUT2D eigenvalue weighted by molar-refractivity contribution is 7.91. The Kier molecular flexibility index (Phi) is 6.33. The van der Waals surface area contributed by atoms with Crippen molar-refractivity contribution < 1.29 is 13.2 Å². The molecule has 3 atom stereocenters. The van der Waals surface area contributed by atoms with Gasteiger partial charge in [0.15, 0.2) is 9.84 Å². The summed E-state index contributed by atoms with van der Waals surface area (Å²) in [5.41, 5.74) is 0. The van der Waals surface area contributed by atoms with Crippen molar-refractivity contribution >= 4 is 28.2 Å². The Morgan fingerprint density at radius 1 is 1.26 bits per heavy atom. The Balaban J connectivity index is 0.00000192. The Bertz CT molecular complexity index is 528. The molecule has 3 unspecified atom stereocenters. The number of hydrogen-bond donors (Lipinski definition) is 1. The molecule has 0 aromatic carbocycles. The van der Waals surface area contributed by atoms with Gasteiger partial charge >= 0.3 is 0 Å². The van der Waals surface area contributed by atoms with Crippen LogP contribution < -0.4 is 5.32 Å². The van der Waals surface area contributed by atoms with Crippen LogP contribution in [0.5, 0.6) is 0 Å². The maximum absolute atomic E-state index is 12.6. The molecular weight excluding hydrogens is 338 g/mol. The molecule has 23 heavy (non-hydrogen) atoms. The number of carbonyl (C=O) groups excluding carboxylic acids is 1. The number of nitrogens with one attached hydrogen (secondary N) is 1. The average molecular weight is 366 g/mol. The molecule has 0 aromatic rings. The van der Waals surface area contributed by atoms with Crippen molar-refractivity contribution in [3.8, 4) is 0 Å². The van der Waals surface area contributed by atoms with E-state index in [1.807, 2.05) is 6.92 Å². The number of sulfone groups is 1. The van der Waals surface area contributed by atoms with Gasteiger partial charge in [-0.25, -0.2) is 8.42 Å². The fourth-order valence-electron chi connectivity index (χ4n) is 4.20. The number of hydrogen-bond acceptors (Lipinski definition) is 5. The minimum atomic E-state index is -2.94. The number of amides is 1. The van der Waals surface area contributed by atoms with Gasteiger partial charge in [0, 0.05) is 19.1 Å². The van der Waals surface area contributed by atoms with Crippen molar-refractivity contribution in [1.82, 2.24) is 15.1 Å². The van der Waals surface area contributed by atoms with E-state index in [9.17, 15) is 13.2 Å². The molecule has 1 N–H and O–H groups in total. The number of piperidine rings is 1. The lowest BCUT2D eigenvalue weighted by molar-refractivity contribution is -0.134. The number of likely N-dealkylation sites (tertiary alicyclic amines) is 1. The Morgan fingerprint density at radius 3 is 2.65 bits per heavy atom. The first-order chi connectivity index (χ1) is 10.5. The van der Waals surface area contributed by atoms with Crippen LogP contribution in [0, 0.1) is 11.8 Å². The van der Waals surface area contributed by atoms with Gasteiger partial charge in [0.05, 0.1) is 18.1 Å². The third-order valence-electron chi connectivity index (χ3n) is 5.46. The largest absolute Gasteiger partial charge is 0.338 e. The number of halogens is 1. The van der Waals surface area contributed by atoms with Crippen LogP contribution in [0.15, 0.2) is 0 Å². The molecule has 0 bridgehead atoms. The lowest BCUT2D eigenvalue weighted by atomic mass is 9.89. The molecule has 3 rings (SSSR count). The second kappa shape index (κ2) is 7.68. The first-order valence-electron chi connectivity index (χ1n) is 8.41. The lowest BCUT2D eigenvalue weighted by Gasteiger charge is -2.36. The van der Waals surface area contributed by atoms with Crippen molar-refractivity contribution in [3.05, 3.63) is 0 Å². The summed E-state index contributed by atoms with van der Waals surface area (Å²) in [6.45, 7) is 7.13. The van der Waals surface area contributed by atoms with Gasteiger partial charge in [0.2, 0.25) is 5.91 Å². The summed E-state index contributed by atoms with van der Waals surface area (Å²) < 4.78 is 23.3. The molecule has 3 aliphatic rings. The molecule has 0 aliphatic carbocycles. The third-order valence-corrected chi connectivity index (χ3v) is 7.21. The summed E-state index contributed by atoms with van der Waals surface area (Å²) >= 11 is 0. The van der Waals surface area contributed by atoms with Gasteiger partial charge in [-0.2, -0.15) is 0 Å². The average Bonchev–Trinajstić information content (AvgIpc) is 3.05. The Hall–Kier alpha value is -0.370. The van der Waals surface area contributed by atoms with E-state index in [0.29, 0.717) is 25.4 Å². The van der Waals surface area contributed by atoms with Gasteiger partial charge in [-0.1, -0.05) is 0 Å². The maximum Gasteiger partial charge on any atom is 0.237 e. The fraction of sp³-hybridized carbons (Fsp3) is 0.933. The minimum Gasteiger partial charge on any atom is -0.338 e. The molecule has 8 heteroatoms. The Morgan fingerprint density at radius 2 is 2.00 bits per heavy atom. The SMILES string of the molecule is CCN(C(=O)CN1CCC2CNCC2C1)C1CCS(=O)(=O)C1.Cl. The molecule has 6 nitrogen and oxygen atoms in total. The zero-order valence-corrected chi connectivity index (χ0v) is 15.4. The second-order valence-electron chi connectivity index (χ2n) is 6.94. The van der Waals surface area contributed by atoms with Crippen molar-refractivity contribution in [3.63, 3.8) is 0 Å². The van der Waals surface area contributed by atoms with Gasteiger partial charge in [-0.15, -0.1) is 12.4 Å². The van der Waals surface area contributed by atoms with E-state index in [4.69, 9.17) is 0 Å². The maximum atomic E-state index is 12.6. The molecule has 134 valence electrons. The molecular formula is C15H28ClN3O3S. The molecule has 0 saturated carbocycles. The molecule has 0 aromatic heterocycles. The van der Waals surface area contributed by atoms with Gasteiger partial charge in [-0.05, 0) is 51.2 Å². The zero-order valence-electron chi connectivity index (χ0n) is 13.7. The van der Waals surface area contributed by atoms with E-state index < -0.39 is 9.84 Å². The molecule has 3 aliphatic heterocycles. The summed E-state index contributed by atoms with van der Waals surface area (Å²) in [5.74, 6) is 1.90. The van der Waals surface area contributed by atoms with Crippen LogP contribution in [-0.2, 0) is 14.6 Å². The topological polar surface area (TPSA) is 69.7 Å². The van der Waals surface area contributed by atoms with E-state index in [1.54, 1.807) is 4.90 Å². The van der Waals surface area contributed by atoms with E-state index in [0.717, 1.165) is 38.5 Å². The molecule has 1 amide bonds. The van der Waals surface area contributed by atoms with Crippen LogP contribution in [0.25, 0.3) is 0 Å². The standard InChI is InChI=1S/C15H27N3O3S.ClH/c1-2-18(14-4-6-22(20,21)11-14)15(19)10-17-5-3-12-7-16-8-13(12)9-17;/h12-14,16H,2-11H2,1H3;1H. The smallest absolute Gasteiger partial charge is 0.237 e. The normalized spacial score (nSPS) is 33.0. The second-order valence-corrected chi connectivity index (χ2v) is 9.17. The van der Waals surface area contributed by atoms with E-state index >= 15 is 0 Å². The lowest BCUT2D eigenvalue weighted by Crippen LogP contribution is -2.49. The van der Waals surface area contributed by atoms with Crippen LogP contribution in [0.1, 0.15) is 19.8 Å². The van der Waals surface area contributed by atoms with Gasteiger partial charge in [0.1, 0.15) is 0 Å². The van der Waals surface area contributed by atoms with Crippen LogP contribution in [0.3, 0.4) is 0 Å². The van der Waals surface area contributed by atoms with Gasteiger partial charge < -0.3 is 10.2 Å². The van der Waals surface area contributed by atoms with E-state index in [2.05, 4.69) is 10.2 Å².